The minimum atomic E-state index is -0.274. The molecule has 1 heterocycles. The second-order valence-corrected chi connectivity index (χ2v) is 6.64. The smallest absolute Gasteiger partial charge is 0.254 e. The summed E-state index contributed by atoms with van der Waals surface area (Å²) in [6.07, 6.45) is 1.50. The molecule has 1 saturated heterocycles. The van der Waals surface area contributed by atoms with Crippen LogP contribution in [0.15, 0.2) is 16.6 Å². The van der Waals surface area contributed by atoms with Crippen LogP contribution in [0.3, 0.4) is 0 Å². The van der Waals surface area contributed by atoms with Gasteiger partial charge in [0.25, 0.3) is 5.91 Å². The minimum absolute atomic E-state index is 0.113. The first-order valence-corrected chi connectivity index (χ1v) is 7.93. The molecule has 1 unspecified atom stereocenters. The number of aryl methyl sites for hydroxylation is 2. The molecule has 1 aromatic rings. The van der Waals surface area contributed by atoms with E-state index in [4.69, 9.17) is 0 Å². The fourth-order valence-corrected chi connectivity index (χ4v) is 3.22. The third kappa shape index (κ3) is 3.23. The number of nitrogens with zero attached hydrogens (tertiary/aromatic N) is 1. The molecule has 0 saturated carbocycles. The molecule has 0 aliphatic carbocycles. The molecular weight excluding hydrogens is 318 g/mol. The van der Waals surface area contributed by atoms with E-state index in [2.05, 4.69) is 15.9 Å². The van der Waals surface area contributed by atoms with Gasteiger partial charge in [0, 0.05) is 23.1 Å². The summed E-state index contributed by atoms with van der Waals surface area (Å²) < 4.78 is 1.04. The molecule has 0 radical (unpaired) electrons. The molecule has 0 aromatic heterocycles. The van der Waals surface area contributed by atoms with Crippen molar-refractivity contribution in [2.45, 2.75) is 39.7 Å². The molecule has 1 fully saturated rings. The van der Waals surface area contributed by atoms with Gasteiger partial charge in [0.2, 0.25) is 0 Å². The number of aliphatic hydroxyl groups excluding tert-OH is 1. The molecule has 1 aliphatic heterocycles. The molecule has 0 spiro atoms. The highest BCUT2D eigenvalue weighted by Gasteiger charge is 2.26. The Hall–Kier alpha value is -0.870. The second-order valence-electron chi connectivity index (χ2n) is 5.79. The SMILES string of the molecule is Cc1cc(C(=O)N2CCC(C(C)O)CC2)c(C)cc1Br. The zero-order chi connectivity index (χ0) is 14.9. The van der Waals surface area contributed by atoms with Crippen molar-refractivity contribution in [3.63, 3.8) is 0 Å². The average molecular weight is 340 g/mol. The molecule has 2 rings (SSSR count). The number of amides is 1. The van der Waals surface area contributed by atoms with Crippen molar-refractivity contribution in [2.24, 2.45) is 5.92 Å². The molecule has 110 valence electrons. The molecule has 0 bridgehead atoms. The Balaban J connectivity index is 2.11. The van der Waals surface area contributed by atoms with E-state index in [0.29, 0.717) is 5.92 Å². The third-order valence-corrected chi connectivity index (χ3v) is 5.10. The van der Waals surface area contributed by atoms with Gasteiger partial charge >= 0.3 is 0 Å². The standard InChI is InChI=1S/C16H22BrNO2/c1-10-9-15(17)11(2)8-14(10)16(20)18-6-4-13(5-7-18)12(3)19/h8-9,12-13,19H,4-7H2,1-3H3. The van der Waals surface area contributed by atoms with Crippen LogP contribution in [0.2, 0.25) is 0 Å². The first-order chi connectivity index (χ1) is 9.40. The average Bonchev–Trinajstić information content (AvgIpc) is 2.42. The summed E-state index contributed by atoms with van der Waals surface area (Å²) in [7, 11) is 0. The number of benzene rings is 1. The van der Waals surface area contributed by atoms with E-state index in [-0.39, 0.29) is 12.0 Å². The third-order valence-electron chi connectivity index (χ3n) is 4.25. The van der Waals surface area contributed by atoms with Gasteiger partial charge in [0.05, 0.1) is 6.10 Å². The maximum absolute atomic E-state index is 12.6. The Morgan fingerprint density at radius 2 is 1.90 bits per heavy atom. The highest BCUT2D eigenvalue weighted by molar-refractivity contribution is 9.10. The van der Waals surface area contributed by atoms with E-state index in [9.17, 15) is 9.90 Å². The van der Waals surface area contributed by atoms with Crippen molar-refractivity contribution in [3.8, 4) is 0 Å². The van der Waals surface area contributed by atoms with Crippen LogP contribution in [0.25, 0.3) is 0 Å². The van der Waals surface area contributed by atoms with E-state index in [1.165, 1.54) is 0 Å². The number of piperidine rings is 1. The minimum Gasteiger partial charge on any atom is -0.393 e. The van der Waals surface area contributed by atoms with Gasteiger partial charge in [-0.3, -0.25) is 4.79 Å². The van der Waals surface area contributed by atoms with Crippen molar-refractivity contribution in [3.05, 3.63) is 33.3 Å². The van der Waals surface area contributed by atoms with Gasteiger partial charge < -0.3 is 10.0 Å². The van der Waals surface area contributed by atoms with Gasteiger partial charge in [-0.05, 0) is 62.8 Å². The van der Waals surface area contributed by atoms with E-state index < -0.39 is 0 Å². The summed E-state index contributed by atoms with van der Waals surface area (Å²) in [5, 5.41) is 9.62. The first-order valence-electron chi connectivity index (χ1n) is 7.14. The maximum Gasteiger partial charge on any atom is 0.254 e. The van der Waals surface area contributed by atoms with Crippen LogP contribution in [-0.2, 0) is 0 Å². The van der Waals surface area contributed by atoms with Crippen LogP contribution in [0.1, 0.15) is 41.3 Å². The highest BCUT2D eigenvalue weighted by atomic mass is 79.9. The number of halogens is 1. The summed E-state index contributed by atoms with van der Waals surface area (Å²) in [6.45, 7) is 7.29. The first kappa shape index (κ1) is 15.5. The van der Waals surface area contributed by atoms with Gasteiger partial charge in [-0.1, -0.05) is 15.9 Å². The van der Waals surface area contributed by atoms with Crippen LogP contribution in [-0.4, -0.2) is 35.1 Å². The summed E-state index contributed by atoms with van der Waals surface area (Å²) in [5.74, 6) is 0.439. The van der Waals surface area contributed by atoms with Crippen molar-refractivity contribution >= 4 is 21.8 Å². The van der Waals surface area contributed by atoms with Crippen molar-refractivity contribution < 1.29 is 9.90 Å². The Morgan fingerprint density at radius 1 is 1.30 bits per heavy atom. The molecule has 1 aliphatic rings. The zero-order valence-electron chi connectivity index (χ0n) is 12.3. The molecular formula is C16H22BrNO2. The lowest BCUT2D eigenvalue weighted by Crippen LogP contribution is -2.41. The predicted molar refractivity (Wildman–Crippen MR) is 83.9 cm³/mol. The summed E-state index contributed by atoms with van der Waals surface area (Å²) in [5.41, 5.74) is 2.88. The lowest BCUT2D eigenvalue weighted by atomic mass is 9.91. The Morgan fingerprint density at radius 3 is 2.45 bits per heavy atom. The molecule has 4 heteroatoms. The quantitative estimate of drug-likeness (QED) is 0.897. The van der Waals surface area contributed by atoms with Gasteiger partial charge in [0.1, 0.15) is 0 Å². The van der Waals surface area contributed by atoms with Crippen LogP contribution in [0, 0.1) is 19.8 Å². The largest absolute Gasteiger partial charge is 0.393 e. The van der Waals surface area contributed by atoms with Crippen LogP contribution < -0.4 is 0 Å². The van der Waals surface area contributed by atoms with E-state index in [1.807, 2.05) is 37.8 Å². The lowest BCUT2D eigenvalue weighted by Gasteiger charge is -2.33. The number of carbonyl (C=O) groups excluding carboxylic acids is 1. The molecule has 1 N–H and O–H groups in total. The van der Waals surface area contributed by atoms with E-state index in [0.717, 1.165) is 47.1 Å². The maximum atomic E-state index is 12.6. The summed E-state index contributed by atoms with van der Waals surface area (Å²) in [6, 6.07) is 3.97. The number of rotatable bonds is 2. The van der Waals surface area contributed by atoms with Crippen molar-refractivity contribution in [1.82, 2.24) is 4.90 Å². The van der Waals surface area contributed by atoms with Crippen LogP contribution in [0.5, 0.6) is 0 Å². The zero-order valence-corrected chi connectivity index (χ0v) is 13.9. The van der Waals surface area contributed by atoms with Gasteiger partial charge in [0.15, 0.2) is 0 Å². The van der Waals surface area contributed by atoms with Crippen LogP contribution >= 0.6 is 15.9 Å². The molecule has 1 atom stereocenters. The molecule has 20 heavy (non-hydrogen) atoms. The number of likely N-dealkylation sites (tertiary alicyclic amines) is 1. The topological polar surface area (TPSA) is 40.5 Å². The van der Waals surface area contributed by atoms with Gasteiger partial charge in [-0.2, -0.15) is 0 Å². The summed E-state index contributed by atoms with van der Waals surface area (Å²) in [4.78, 5) is 14.5. The van der Waals surface area contributed by atoms with E-state index >= 15 is 0 Å². The normalized spacial score (nSPS) is 18.1. The monoisotopic (exact) mass is 339 g/mol. The summed E-state index contributed by atoms with van der Waals surface area (Å²) >= 11 is 3.50. The van der Waals surface area contributed by atoms with Crippen molar-refractivity contribution in [1.29, 1.82) is 0 Å². The van der Waals surface area contributed by atoms with Crippen LogP contribution in [0.4, 0.5) is 0 Å². The Bertz CT molecular complexity index is 505. The number of hydrogen-bond donors (Lipinski definition) is 1. The van der Waals surface area contributed by atoms with E-state index in [1.54, 1.807) is 0 Å². The van der Waals surface area contributed by atoms with Crippen molar-refractivity contribution in [2.75, 3.05) is 13.1 Å². The number of hydrogen-bond acceptors (Lipinski definition) is 2. The second kappa shape index (κ2) is 6.27. The number of aliphatic hydroxyl groups is 1. The molecule has 1 aromatic carbocycles. The van der Waals surface area contributed by atoms with Gasteiger partial charge in [-0.25, -0.2) is 0 Å². The predicted octanol–water partition coefficient (Wildman–Crippen LogP) is 3.30. The highest BCUT2D eigenvalue weighted by Crippen LogP contribution is 2.25. The molecule has 3 nitrogen and oxygen atoms in total. The fourth-order valence-electron chi connectivity index (χ4n) is 2.77. The number of carbonyl (C=O) groups is 1. The Kier molecular flexibility index (Phi) is 4.86. The molecule has 1 amide bonds. The Labute approximate surface area is 129 Å². The fraction of sp³-hybridized carbons (Fsp3) is 0.562. The van der Waals surface area contributed by atoms with Gasteiger partial charge in [-0.15, -0.1) is 0 Å². The lowest BCUT2D eigenvalue weighted by molar-refractivity contribution is 0.0521.